The van der Waals surface area contributed by atoms with E-state index in [9.17, 15) is 34.2 Å². The minimum atomic E-state index is -1.51. The van der Waals surface area contributed by atoms with E-state index < -0.39 is 115 Å². The Kier molecular flexibility index (Phi) is 19.1. The van der Waals surface area contributed by atoms with Gasteiger partial charge in [-0.2, -0.15) is 0 Å². The van der Waals surface area contributed by atoms with Crippen molar-refractivity contribution in [3.8, 4) is 0 Å². The van der Waals surface area contributed by atoms with Gasteiger partial charge in [-0.05, 0) is 66.1 Å². The Bertz CT molecular complexity index is 1430. The largest absolute Gasteiger partial charge is 0.462 e. The Labute approximate surface area is 342 Å². The predicted molar refractivity (Wildman–Crippen MR) is 209 cm³/mol. The summed E-state index contributed by atoms with van der Waals surface area (Å²) in [6, 6.07) is -0.796. The Morgan fingerprint density at radius 3 is 2.29 bits per heavy atom. The smallest absolute Gasteiger partial charge is 0.309 e. The van der Waals surface area contributed by atoms with Crippen LogP contribution in [0.2, 0.25) is 0 Å². The minimum Gasteiger partial charge on any atom is -0.462 e. The molecule has 0 radical (unpaired) electrons. The van der Waals surface area contributed by atoms with Gasteiger partial charge in [0.1, 0.15) is 42.4 Å². The highest BCUT2D eigenvalue weighted by Gasteiger charge is 2.53. The number of esters is 3. The fraction of sp³-hybridized carbons (Fsp3) is 0.786. The van der Waals surface area contributed by atoms with Gasteiger partial charge in [0.15, 0.2) is 24.5 Å². The number of rotatable bonds is 12. The highest BCUT2D eigenvalue weighted by Crippen LogP contribution is 2.37. The lowest BCUT2D eigenvalue weighted by Gasteiger charge is -2.50. The van der Waals surface area contributed by atoms with Gasteiger partial charge >= 0.3 is 17.9 Å². The van der Waals surface area contributed by atoms with E-state index >= 15 is 0 Å². The first-order chi connectivity index (χ1) is 27.2. The van der Waals surface area contributed by atoms with Crippen LogP contribution in [0.25, 0.3) is 0 Å². The molecule has 58 heavy (non-hydrogen) atoms. The highest BCUT2D eigenvalue weighted by molar-refractivity contribution is 5.91. The molecular weight excluding hydrogens is 758 g/mol. The van der Waals surface area contributed by atoms with E-state index in [0.29, 0.717) is 12.7 Å². The van der Waals surface area contributed by atoms with Crippen molar-refractivity contribution >= 4 is 30.0 Å². The standard InChI is InChI=1S/C42H67NO15/c1-23(2)19-32(47)56-40-27(6)53-34(22-42(40,8)50)57-37-26(5)54-41(36(49)35(37)43(9)10)58-38-29(17-18-44)20-24(3)30(46)16-14-12-13-15-25(4)52-33(48)21-31(39(38)51-11)55-28(7)45/h12-14,16,18,23-27,29,31,34-41,49-50H,15,17,19-22H2,1-11H3/b13-12+,16-14+/t24-,25+,26+,27-,29+,31-,34+,35-,36-,37+,38+,39+,40+,41-,42+/m1/s1. The van der Waals surface area contributed by atoms with Gasteiger partial charge in [0.25, 0.3) is 0 Å². The monoisotopic (exact) mass is 825 g/mol. The Hall–Kier alpha value is -3.09. The van der Waals surface area contributed by atoms with Crippen molar-refractivity contribution in [1.82, 2.24) is 4.90 Å². The number of likely N-dealkylation sites (N-methyl/N-ethyl adjacent to an activating group) is 1. The summed E-state index contributed by atoms with van der Waals surface area (Å²) in [5.74, 6) is -3.31. The van der Waals surface area contributed by atoms with Crippen LogP contribution in [0.1, 0.15) is 93.9 Å². The third kappa shape index (κ3) is 14.0. The second-order valence-corrected chi connectivity index (χ2v) is 16.8. The van der Waals surface area contributed by atoms with Crippen LogP contribution in [-0.2, 0) is 61.9 Å². The van der Waals surface area contributed by atoms with Crippen LogP contribution in [0.4, 0.5) is 0 Å². The molecule has 16 heteroatoms. The Morgan fingerprint density at radius 2 is 1.71 bits per heavy atom. The fourth-order valence-corrected chi connectivity index (χ4v) is 7.98. The van der Waals surface area contributed by atoms with Crippen molar-refractivity contribution in [1.29, 1.82) is 0 Å². The minimum absolute atomic E-state index is 0.0531. The van der Waals surface area contributed by atoms with Crippen LogP contribution in [0.3, 0.4) is 0 Å². The molecule has 0 aromatic heterocycles. The molecule has 0 aliphatic carbocycles. The van der Waals surface area contributed by atoms with Crippen LogP contribution in [0.15, 0.2) is 24.3 Å². The SMILES string of the molecule is CO[C@@H]1[C@@H](O[C@H]2O[C@@H](C)[C@H](O[C@H]3C[C@](C)(O)[C@@H](OC(=O)CC(C)C)[C@@H](C)O3)[C@H](N(C)C)[C@H]2O)[C@@H](CC=O)C[C@@H](C)C(=O)/C=C/C=C/C[C@H](C)OC(=O)C[C@H]1OC(C)=O. The van der Waals surface area contributed by atoms with Gasteiger partial charge in [-0.15, -0.1) is 0 Å². The number of ether oxygens (including phenoxy) is 8. The van der Waals surface area contributed by atoms with Crippen LogP contribution in [-0.4, -0.2) is 145 Å². The van der Waals surface area contributed by atoms with Crippen LogP contribution >= 0.6 is 0 Å². The predicted octanol–water partition coefficient (Wildman–Crippen LogP) is 3.22. The molecule has 0 bridgehead atoms. The molecule has 330 valence electrons. The van der Waals surface area contributed by atoms with E-state index in [-0.39, 0.29) is 37.4 Å². The topological polar surface area (TPSA) is 203 Å². The van der Waals surface area contributed by atoms with Crippen molar-refractivity contribution in [3.63, 3.8) is 0 Å². The number of carbonyl (C=O) groups excluding carboxylic acids is 5. The van der Waals surface area contributed by atoms with Gasteiger partial charge in [-0.25, -0.2) is 0 Å². The number of ketones is 1. The summed E-state index contributed by atoms with van der Waals surface area (Å²) in [4.78, 5) is 65.4. The molecule has 0 aromatic rings. The number of methoxy groups -OCH3 is 1. The number of hydrogen-bond donors (Lipinski definition) is 2. The third-order valence-electron chi connectivity index (χ3n) is 10.8. The molecule has 3 heterocycles. The van der Waals surface area contributed by atoms with E-state index in [0.717, 1.165) is 0 Å². The summed E-state index contributed by atoms with van der Waals surface area (Å²) in [6.45, 7) is 13.4. The maximum Gasteiger partial charge on any atom is 0.309 e. The van der Waals surface area contributed by atoms with Crippen LogP contribution in [0.5, 0.6) is 0 Å². The molecule has 0 unspecified atom stereocenters. The maximum atomic E-state index is 13.2. The zero-order valence-electron chi connectivity index (χ0n) is 35.9. The Balaban J connectivity index is 1.98. The fourth-order valence-electron chi connectivity index (χ4n) is 7.98. The lowest BCUT2D eigenvalue weighted by Crippen LogP contribution is -2.66. The summed E-state index contributed by atoms with van der Waals surface area (Å²) in [5.41, 5.74) is -1.51. The zero-order valence-corrected chi connectivity index (χ0v) is 35.9. The molecule has 15 atom stereocenters. The van der Waals surface area contributed by atoms with E-state index in [1.165, 1.54) is 20.1 Å². The molecular formula is C42H67NO15. The molecule has 3 rings (SSSR count). The number of allylic oxidation sites excluding steroid dienone is 3. The third-order valence-corrected chi connectivity index (χ3v) is 10.8. The van der Waals surface area contributed by atoms with E-state index in [1.807, 2.05) is 13.8 Å². The second kappa shape index (κ2) is 22.5. The molecule has 0 aromatic carbocycles. The molecule has 3 aliphatic rings. The highest BCUT2D eigenvalue weighted by atomic mass is 16.7. The summed E-state index contributed by atoms with van der Waals surface area (Å²) in [5, 5.41) is 23.5. The lowest BCUT2D eigenvalue weighted by molar-refractivity contribution is -0.344. The van der Waals surface area contributed by atoms with Gasteiger partial charge in [0.2, 0.25) is 0 Å². The number of nitrogens with zero attached hydrogens (tertiary/aromatic N) is 1. The molecule has 2 saturated heterocycles. The van der Waals surface area contributed by atoms with Gasteiger partial charge in [-0.1, -0.05) is 39.0 Å². The summed E-state index contributed by atoms with van der Waals surface area (Å²) >= 11 is 0. The van der Waals surface area contributed by atoms with Crippen LogP contribution in [0, 0.1) is 17.8 Å². The zero-order chi connectivity index (χ0) is 43.5. The van der Waals surface area contributed by atoms with Crippen molar-refractivity contribution in [2.75, 3.05) is 21.2 Å². The molecule has 0 spiro atoms. The first-order valence-corrected chi connectivity index (χ1v) is 20.3. The van der Waals surface area contributed by atoms with Crippen molar-refractivity contribution < 1.29 is 72.1 Å². The summed E-state index contributed by atoms with van der Waals surface area (Å²) < 4.78 is 48.4. The molecule has 2 fully saturated rings. The van der Waals surface area contributed by atoms with E-state index in [4.69, 9.17) is 37.9 Å². The number of carbonyl (C=O) groups is 5. The average Bonchev–Trinajstić information content (AvgIpc) is 3.09. The lowest BCUT2D eigenvalue weighted by atomic mass is 9.83. The normalized spacial score (nSPS) is 39.4. The number of hydrogen-bond acceptors (Lipinski definition) is 16. The van der Waals surface area contributed by atoms with Crippen LogP contribution < -0.4 is 0 Å². The molecule has 2 N–H and O–H groups in total. The van der Waals surface area contributed by atoms with E-state index in [2.05, 4.69) is 0 Å². The summed E-state index contributed by atoms with van der Waals surface area (Å²) in [6.07, 6.45) is -4.02. The summed E-state index contributed by atoms with van der Waals surface area (Å²) in [7, 11) is 4.82. The second-order valence-electron chi connectivity index (χ2n) is 16.8. The first-order valence-electron chi connectivity index (χ1n) is 20.3. The van der Waals surface area contributed by atoms with Gasteiger partial charge < -0.3 is 57.8 Å². The van der Waals surface area contributed by atoms with Crippen molar-refractivity contribution in [3.05, 3.63) is 24.3 Å². The Morgan fingerprint density at radius 1 is 1.02 bits per heavy atom. The molecule has 0 saturated carbocycles. The van der Waals surface area contributed by atoms with E-state index in [1.54, 1.807) is 71.8 Å². The number of aliphatic hydroxyl groups excluding tert-OH is 1. The first kappa shape index (κ1) is 49.3. The molecule has 3 aliphatic heterocycles. The number of cyclic esters (lactones) is 1. The quantitative estimate of drug-likeness (QED) is 0.165. The van der Waals surface area contributed by atoms with Gasteiger partial charge in [-0.3, -0.25) is 19.2 Å². The molecule has 16 nitrogen and oxygen atoms in total. The number of aldehydes is 1. The van der Waals surface area contributed by atoms with Crippen molar-refractivity contribution in [2.45, 2.75) is 173 Å². The van der Waals surface area contributed by atoms with Gasteiger partial charge in [0, 0.05) is 45.6 Å². The number of aliphatic hydroxyl groups is 2. The maximum absolute atomic E-state index is 13.2. The van der Waals surface area contributed by atoms with Crippen molar-refractivity contribution in [2.24, 2.45) is 17.8 Å². The molecule has 0 amide bonds. The van der Waals surface area contributed by atoms with Gasteiger partial charge in [0.05, 0.1) is 30.8 Å². The average molecular weight is 826 g/mol.